The van der Waals surface area contributed by atoms with E-state index in [-0.39, 0.29) is 10.6 Å². The number of benzene rings is 2. The molecule has 25 heavy (non-hydrogen) atoms. The monoisotopic (exact) mass is 378 g/mol. The maximum atomic E-state index is 12.9. The third kappa shape index (κ3) is 4.43. The predicted molar refractivity (Wildman–Crippen MR) is 92.9 cm³/mol. The van der Waals surface area contributed by atoms with E-state index in [1.54, 1.807) is 4.68 Å². The SMILES string of the molecule is O=S(=O)(CCCSc1nnnn1-c1ccccc1)c1ccc(F)cc1. The van der Waals surface area contributed by atoms with Crippen LogP contribution < -0.4 is 0 Å². The van der Waals surface area contributed by atoms with Crippen LogP contribution in [0.15, 0.2) is 64.6 Å². The van der Waals surface area contributed by atoms with Crippen LogP contribution in [-0.2, 0) is 9.84 Å². The first-order chi connectivity index (χ1) is 12.1. The van der Waals surface area contributed by atoms with Crippen molar-refractivity contribution in [2.24, 2.45) is 0 Å². The summed E-state index contributed by atoms with van der Waals surface area (Å²) >= 11 is 1.39. The van der Waals surface area contributed by atoms with Crippen molar-refractivity contribution < 1.29 is 12.8 Å². The molecular weight excluding hydrogens is 363 g/mol. The van der Waals surface area contributed by atoms with Crippen molar-refractivity contribution in [3.05, 3.63) is 60.4 Å². The molecule has 0 amide bonds. The van der Waals surface area contributed by atoms with Gasteiger partial charge in [-0.1, -0.05) is 30.0 Å². The van der Waals surface area contributed by atoms with E-state index in [1.807, 2.05) is 30.3 Å². The van der Waals surface area contributed by atoms with Crippen molar-refractivity contribution in [3.8, 4) is 5.69 Å². The molecule has 0 radical (unpaired) electrons. The summed E-state index contributed by atoms with van der Waals surface area (Å²) in [7, 11) is -3.42. The highest BCUT2D eigenvalue weighted by atomic mass is 32.2. The van der Waals surface area contributed by atoms with Crippen molar-refractivity contribution in [1.29, 1.82) is 0 Å². The molecule has 0 bridgehead atoms. The Morgan fingerprint density at radius 2 is 1.76 bits per heavy atom. The largest absolute Gasteiger partial charge is 0.224 e. The Morgan fingerprint density at radius 1 is 1.04 bits per heavy atom. The Balaban J connectivity index is 1.58. The summed E-state index contributed by atoms with van der Waals surface area (Å²) in [6.07, 6.45) is 0.437. The highest BCUT2D eigenvalue weighted by molar-refractivity contribution is 7.99. The molecule has 2 aromatic carbocycles. The molecule has 1 aromatic heterocycles. The molecule has 0 atom stereocenters. The van der Waals surface area contributed by atoms with Crippen LogP contribution >= 0.6 is 11.8 Å². The van der Waals surface area contributed by atoms with Gasteiger partial charge >= 0.3 is 0 Å². The number of para-hydroxylation sites is 1. The van der Waals surface area contributed by atoms with E-state index in [0.29, 0.717) is 17.3 Å². The van der Waals surface area contributed by atoms with Gasteiger partial charge in [0.1, 0.15) is 5.82 Å². The molecule has 0 aliphatic rings. The van der Waals surface area contributed by atoms with Crippen molar-refractivity contribution in [2.75, 3.05) is 11.5 Å². The maximum Gasteiger partial charge on any atom is 0.214 e. The van der Waals surface area contributed by atoms with Gasteiger partial charge in [-0.05, 0) is 53.2 Å². The van der Waals surface area contributed by atoms with Gasteiger partial charge in [-0.25, -0.2) is 12.8 Å². The molecule has 0 aliphatic carbocycles. The molecule has 0 unspecified atom stereocenters. The van der Waals surface area contributed by atoms with Gasteiger partial charge in [0.05, 0.1) is 16.3 Å². The number of sulfone groups is 1. The van der Waals surface area contributed by atoms with Gasteiger partial charge in [-0.15, -0.1) is 5.10 Å². The normalized spacial score (nSPS) is 11.6. The Hall–Kier alpha value is -2.26. The van der Waals surface area contributed by atoms with Gasteiger partial charge < -0.3 is 0 Å². The molecule has 9 heteroatoms. The zero-order valence-electron chi connectivity index (χ0n) is 13.1. The van der Waals surface area contributed by atoms with Crippen LogP contribution in [-0.4, -0.2) is 40.1 Å². The van der Waals surface area contributed by atoms with Crippen molar-refractivity contribution in [2.45, 2.75) is 16.5 Å². The van der Waals surface area contributed by atoms with Crippen LogP contribution in [0.5, 0.6) is 0 Å². The molecule has 1 heterocycles. The topological polar surface area (TPSA) is 77.7 Å². The second kappa shape index (κ2) is 7.75. The lowest BCUT2D eigenvalue weighted by Crippen LogP contribution is -2.08. The molecule has 0 saturated carbocycles. The fourth-order valence-electron chi connectivity index (χ4n) is 2.17. The molecule has 3 aromatic rings. The molecular formula is C16H15FN4O2S2. The van der Waals surface area contributed by atoms with E-state index in [0.717, 1.165) is 17.8 Å². The summed E-state index contributed by atoms with van der Waals surface area (Å²) in [4.78, 5) is 0.132. The average Bonchev–Trinajstić information content (AvgIpc) is 3.08. The number of hydrogen-bond acceptors (Lipinski definition) is 6. The molecule has 0 spiro atoms. The Bertz CT molecular complexity index is 928. The van der Waals surface area contributed by atoms with E-state index < -0.39 is 15.7 Å². The second-order valence-corrected chi connectivity index (χ2v) is 8.35. The minimum Gasteiger partial charge on any atom is -0.224 e. The lowest BCUT2D eigenvalue weighted by atomic mass is 10.3. The molecule has 130 valence electrons. The van der Waals surface area contributed by atoms with E-state index >= 15 is 0 Å². The molecule has 0 aliphatic heterocycles. The van der Waals surface area contributed by atoms with Gasteiger partial charge in [0.2, 0.25) is 5.16 Å². The van der Waals surface area contributed by atoms with Crippen LogP contribution in [0.3, 0.4) is 0 Å². The predicted octanol–water partition coefficient (Wildman–Crippen LogP) is 2.76. The molecule has 0 fully saturated rings. The summed E-state index contributed by atoms with van der Waals surface area (Å²) < 4.78 is 38.9. The quantitative estimate of drug-likeness (QED) is 0.357. The van der Waals surface area contributed by atoms with Crippen molar-refractivity contribution >= 4 is 21.6 Å². The minimum absolute atomic E-state index is 0.0153. The molecule has 0 N–H and O–H groups in total. The summed E-state index contributed by atoms with van der Waals surface area (Å²) in [6, 6.07) is 14.3. The number of tetrazole rings is 1. The first-order valence-electron chi connectivity index (χ1n) is 7.51. The fraction of sp³-hybridized carbons (Fsp3) is 0.188. The van der Waals surface area contributed by atoms with Crippen molar-refractivity contribution in [3.63, 3.8) is 0 Å². The third-order valence-corrected chi connectivity index (χ3v) is 6.23. The molecule has 6 nitrogen and oxygen atoms in total. The first-order valence-corrected chi connectivity index (χ1v) is 10.1. The highest BCUT2D eigenvalue weighted by Gasteiger charge is 2.15. The Morgan fingerprint density at radius 3 is 2.48 bits per heavy atom. The summed E-state index contributed by atoms with van der Waals surface area (Å²) in [5.41, 5.74) is 0.842. The number of thioether (sulfide) groups is 1. The maximum absolute atomic E-state index is 12.9. The van der Waals surface area contributed by atoms with E-state index in [4.69, 9.17) is 0 Å². The third-order valence-electron chi connectivity index (χ3n) is 3.40. The standard InChI is InChI=1S/C16H15FN4O2S2/c17-13-7-9-15(10-8-13)25(22,23)12-4-11-24-16-18-19-20-21(16)14-5-2-1-3-6-14/h1-3,5-10H,4,11-12H2. The number of rotatable bonds is 7. The van der Waals surface area contributed by atoms with E-state index in [2.05, 4.69) is 15.5 Å². The van der Waals surface area contributed by atoms with E-state index in [1.165, 1.54) is 23.9 Å². The minimum atomic E-state index is -3.42. The number of aromatic nitrogens is 4. The molecule has 0 saturated heterocycles. The highest BCUT2D eigenvalue weighted by Crippen LogP contribution is 2.20. The summed E-state index contributed by atoms with van der Waals surface area (Å²) in [5, 5.41) is 12.2. The van der Waals surface area contributed by atoms with Crippen LogP contribution in [0.2, 0.25) is 0 Å². The average molecular weight is 378 g/mol. The lowest BCUT2D eigenvalue weighted by molar-refractivity contribution is 0.593. The lowest BCUT2D eigenvalue weighted by Gasteiger charge is -2.05. The second-order valence-electron chi connectivity index (χ2n) is 5.18. The van der Waals surface area contributed by atoms with Crippen LogP contribution in [0.1, 0.15) is 6.42 Å². The van der Waals surface area contributed by atoms with Crippen LogP contribution in [0.4, 0.5) is 4.39 Å². The Kier molecular flexibility index (Phi) is 5.44. The summed E-state index contributed by atoms with van der Waals surface area (Å²) in [6.45, 7) is 0. The number of hydrogen-bond donors (Lipinski definition) is 0. The van der Waals surface area contributed by atoms with Crippen LogP contribution in [0, 0.1) is 5.82 Å². The first kappa shape index (κ1) is 17.6. The van der Waals surface area contributed by atoms with Gasteiger partial charge in [0.25, 0.3) is 0 Å². The smallest absolute Gasteiger partial charge is 0.214 e. The van der Waals surface area contributed by atoms with Gasteiger partial charge in [0, 0.05) is 5.75 Å². The van der Waals surface area contributed by atoms with Gasteiger partial charge in [-0.2, -0.15) is 4.68 Å². The zero-order valence-corrected chi connectivity index (χ0v) is 14.8. The van der Waals surface area contributed by atoms with Crippen molar-refractivity contribution in [1.82, 2.24) is 20.2 Å². The van der Waals surface area contributed by atoms with Gasteiger partial charge in [-0.3, -0.25) is 0 Å². The molecule has 3 rings (SSSR count). The number of halogens is 1. The zero-order chi connectivity index (χ0) is 17.7. The fourth-order valence-corrected chi connectivity index (χ4v) is 4.50. The van der Waals surface area contributed by atoms with Gasteiger partial charge in [0.15, 0.2) is 9.84 Å². The van der Waals surface area contributed by atoms with Crippen LogP contribution in [0.25, 0.3) is 5.69 Å². The Labute approximate surface area is 149 Å². The number of nitrogens with zero attached hydrogens (tertiary/aromatic N) is 4. The summed E-state index contributed by atoms with van der Waals surface area (Å²) in [5.74, 6) is 0.0776. The van der Waals surface area contributed by atoms with E-state index in [9.17, 15) is 12.8 Å².